The Morgan fingerprint density at radius 1 is 0.559 bits per heavy atom. The lowest BCUT2D eigenvalue weighted by Gasteiger charge is -2.28. The average molecular weight is 770 g/mol. The van der Waals surface area contributed by atoms with Gasteiger partial charge in [0.05, 0.1) is 28.0 Å². The topological polar surface area (TPSA) is 50.9 Å². The van der Waals surface area contributed by atoms with E-state index in [1.54, 1.807) is 0 Å². The first-order valence-corrected chi connectivity index (χ1v) is 20.7. The Hall–Kier alpha value is -6.52. The number of phenols is 1. The molecule has 4 heteroatoms. The summed E-state index contributed by atoms with van der Waals surface area (Å²) in [6, 6.07) is 51.9. The molecule has 7 aromatic carbocycles. The lowest BCUT2D eigenvalue weighted by atomic mass is 9.79. The van der Waals surface area contributed by atoms with E-state index < -0.39 is 0 Å². The molecule has 0 saturated heterocycles. The van der Waals surface area contributed by atoms with Crippen LogP contribution in [0.15, 0.2) is 152 Å². The minimum Gasteiger partial charge on any atom is -0.507 e. The quantitative estimate of drug-likeness (QED) is 0.183. The number of benzene rings is 7. The molecule has 0 aliphatic rings. The summed E-state index contributed by atoms with van der Waals surface area (Å²) in [6.07, 6.45) is 1.91. The fraction of sp³-hybridized carbons (Fsp3) is 0.200. The Morgan fingerprint density at radius 2 is 1.27 bits per heavy atom. The van der Waals surface area contributed by atoms with E-state index in [9.17, 15) is 5.11 Å². The van der Waals surface area contributed by atoms with Crippen LogP contribution in [-0.2, 0) is 10.8 Å². The van der Waals surface area contributed by atoms with Gasteiger partial charge in [-0.25, -0.2) is 4.98 Å². The number of nitrogens with zero attached hydrogens (tertiary/aromatic N) is 3. The third kappa shape index (κ3) is 6.77. The Bertz CT molecular complexity index is 3040. The van der Waals surface area contributed by atoms with Crippen molar-refractivity contribution in [1.29, 1.82) is 0 Å². The Balaban J connectivity index is 1.37. The highest BCUT2D eigenvalue weighted by Crippen LogP contribution is 2.46. The van der Waals surface area contributed by atoms with Crippen molar-refractivity contribution >= 4 is 32.6 Å². The molecule has 0 atom stereocenters. The first kappa shape index (κ1) is 38.0. The first-order chi connectivity index (χ1) is 28.3. The summed E-state index contributed by atoms with van der Waals surface area (Å²) in [4.78, 5) is 10.6. The molecule has 292 valence electrons. The molecule has 0 spiro atoms. The molecule has 0 radical (unpaired) electrons. The van der Waals surface area contributed by atoms with E-state index >= 15 is 0 Å². The maximum atomic E-state index is 12.4. The summed E-state index contributed by atoms with van der Waals surface area (Å²) in [5.74, 6) is 1.19. The third-order valence-corrected chi connectivity index (χ3v) is 11.8. The molecular formula is C55H51N3O. The number of aromatic hydroxyl groups is 1. The molecule has 0 unspecified atom stereocenters. The second-order valence-electron chi connectivity index (χ2n) is 18.3. The maximum Gasteiger partial charge on any atom is 0.149 e. The maximum absolute atomic E-state index is 12.4. The standard InChI is InChI=1S/C55H51N3O/c1-34(2)44-30-37(35-17-10-9-11-18-35)25-26-48(44)58-49-24-16-23-43(51(49)57-53(58)46-32-40(54(3,4)5)33-47(52(46)59)55(6,7)8)39-29-38-20-13-14-21-41(38)45(31-39)50-42-22-15-12-19-36(42)27-28-56-50/h9-34,59H,1-8H3. The SMILES string of the molecule is CC(C)c1cc(-c2ccccc2)ccc1-n1c(-c2cc(C(C)(C)C)cc(C(C)(C)C)c2O)nc2c(-c3cc(-c4nccc5ccccc45)c4ccccc4c3)cccc21. The lowest BCUT2D eigenvalue weighted by molar-refractivity contribution is 0.446. The number of hydrogen-bond acceptors (Lipinski definition) is 3. The number of pyridine rings is 1. The molecule has 9 rings (SSSR count). The van der Waals surface area contributed by atoms with Crippen LogP contribution in [0.5, 0.6) is 5.75 Å². The number of hydrogen-bond donors (Lipinski definition) is 1. The minimum absolute atomic E-state index is 0.165. The van der Waals surface area contributed by atoms with Crippen molar-refractivity contribution < 1.29 is 5.11 Å². The summed E-state index contributed by atoms with van der Waals surface area (Å²) in [5.41, 5.74) is 12.9. The van der Waals surface area contributed by atoms with Gasteiger partial charge < -0.3 is 5.11 Å². The zero-order valence-corrected chi connectivity index (χ0v) is 35.3. The molecule has 1 N–H and O–H groups in total. The number of imidazole rings is 1. The van der Waals surface area contributed by atoms with E-state index in [4.69, 9.17) is 9.97 Å². The number of phenolic OH excluding ortho intramolecular Hbond substituents is 1. The summed E-state index contributed by atoms with van der Waals surface area (Å²) in [5, 5.41) is 17.0. The molecule has 0 amide bonds. The molecule has 2 aromatic heterocycles. The van der Waals surface area contributed by atoms with E-state index in [1.165, 1.54) is 16.7 Å². The molecule has 2 heterocycles. The Labute approximate surface area is 347 Å². The highest BCUT2D eigenvalue weighted by Gasteiger charge is 2.29. The molecule has 59 heavy (non-hydrogen) atoms. The largest absolute Gasteiger partial charge is 0.507 e. The van der Waals surface area contributed by atoms with Gasteiger partial charge in [0.15, 0.2) is 0 Å². The predicted molar refractivity (Wildman–Crippen MR) is 249 cm³/mol. The Morgan fingerprint density at radius 3 is 2.00 bits per heavy atom. The van der Waals surface area contributed by atoms with Gasteiger partial charge in [-0.2, -0.15) is 0 Å². The molecule has 4 nitrogen and oxygen atoms in total. The highest BCUT2D eigenvalue weighted by atomic mass is 16.3. The van der Waals surface area contributed by atoms with Crippen LogP contribution in [-0.4, -0.2) is 19.6 Å². The van der Waals surface area contributed by atoms with Crippen LogP contribution in [0.3, 0.4) is 0 Å². The Kier molecular flexibility index (Phi) is 9.27. The van der Waals surface area contributed by atoms with Crippen LogP contribution in [0.1, 0.15) is 78.0 Å². The zero-order valence-electron chi connectivity index (χ0n) is 35.3. The van der Waals surface area contributed by atoms with Crippen molar-refractivity contribution in [2.24, 2.45) is 0 Å². The summed E-state index contributed by atoms with van der Waals surface area (Å²) >= 11 is 0. The number of aromatic nitrogens is 3. The molecular weight excluding hydrogens is 719 g/mol. The van der Waals surface area contributed by atoms with Crippen molar-refractivity contribution in [2.75, 3.05) is 0 Å². The molecule has 0 saturated carbocycles. The van der Waals surface area contributed by atoms with Gasteiger partial charge >= 0.3 is 0 Å². The van der Waals surface area contributed by atoms with Gasteiger partial charge in [0, 0.05) is 28.3 Å². The molecule has 0 aliphatic carbocycles. The number of rotatable bonds is 6. The van der Waals surface area contributed by atoms with Crippen LogP contribution in [0.25, 0.3) is 83.2 Å². The molecule has 0 aliphatic heterocycles. The van der Waals surface area contributed by atoms with Gasteiger partial charge in [0.25, 0.3) is 0 Å². The smallest absolute Gasteiger partial charge is 0.149 e. The van der Waals surface area contributed by atoms with Crippen LogP contribution in [0.4, 0.5) is 0 Å². The average Bonchev–Trinajstić information content (AvgIpc) is 3.62. The van der Waals surface area contributed by atoms with E-state index in [0.29, 0.717) is 5.82 Å². The summed E-state index contributed by atoms with van der Waals surface area (Å²) < 4.78 is 2.30. The van der Waals surface area contributed by atoms with Gasteiger partial charge in [-0.15, -0.1) is 0 Å². The van der Waals surface area contributed by atoms with Crippen molar-refractivity contribution in [2.45, 2.75) is 72.1 Å². The van der Waals surface area contributed by atoms with Crippen molar-refractivity contribution in [3.8, 4) is 56.3 Å². The van der Waals surface area contributed by atoms with E-state index in [-0.39, 0.29) is 22.5 Å². The van der Waals surface area contributed by atoms with Crippen molar-refractivity contribution in [1.82, 2.24) is 14.5 Å². The van der Waals surface area contributed by atoms with E-state index in [0.717, 1.165) is 77.3 Å². The number of para-hydroxylation sites is 1. The normalized spacial score (nSPS) is 12.3. The predicted octanol–water partition coefficient (Wildman–Crippen LogP) is 14.8. The minimum atomic E-state index is -0.306. The molecule has 0 fully saturated rings. The van der Waals surface area contributed by atoms with E-state index in [2.05, 4.69) is 206 Å². The lowest BCUT2D eigenvalue weighted by Crippen LogP contribution is -2.17. The fourth-order valence-corrected chi connectivity index (χ4v) is 8.59. The van der Waals surface area contributed by atoms with Gasteiger partial charge in [-0.3, -0.25) is 9.55 Å². The first-order valence-electron chi connectivity index (χ1n) is 20.7. The van der Waals surface area contributed by atoms with Gasteiger partial charge in [0.1, 0.15) is 11.6 Å². The van der Waals surface area contributed by atoms with Gasteiger partial charge in [-0.1, -0.05) is 159 Å². The van der Waals surface area contributed by atoms with E-state index in [1.807, 2.05) is 6.20 Å². The van der Waals surface area contributed by atoms with Crippen LogP contribution >= 0.6 is 0 Å². The van der Waals surface area contributed by atoms with Gasteiger partial charge in [-0.05, 0) is 103 Å². The fourth-order valence-electron chi connectivity index (χ4n) is 8.59. The second-order valence-corrected chi connectivity index (χ2v) is 18.3. The second kappa shape index (κ2) is 14.4. The zero-order chi connectivity index (χ0) is 41.2. The monoisotopic (exact) mass is 769 g/mol. The summed E-state index contributed by atoms with van der Waals surface area (Å²) in [7, 11) is 0. The highest BCUT2D eigenvalue weighted by molar-refractivity contribution is 6.07. The van der Waals surface area contributed by atoms with Crippen molar-refractivity contribution in [3.05, 3.63) is 168 Å². The molecule has 0 bridgehead atoms. The van der Waals surface area contributed by atoms with Crippen LogP contribution in [0, 0.1) is 0 Å². The van der Waals surface area contributed by atoms with Gasteiger partial charge in [0.2, 0.25) is 0 Å². The number of fused-ring (bicyclic) bond motifs is 3. The van der Waals surface area contributed by atoms with Crippen LogP contribution < -0.4 is 0 Å². The third-order valence-electron chi connectivity index (χ3n) is 11.8. The van der Waals surface area contributed by atoms with Crippen molar-refractivity contribution in [3.63, 3.8) is 0 Å². The molecule has 9 aromatic rings. The summed E-state index contributed by atoms with van der Waals surface area (Å²) in [6.45, 7) is 17.7. The van der Waals surface area contributed by atoms with Crippen LogP contribution in [0.2, 0.25) is 0 Å².